The third kappa shape index (κ3) is 3.04. The fourth-order valence-electron chi connectivity index (χ4n) is 1.63. The number of aryl methyl sites for hydroxylation is 1. The first-order valence-electron chi connectivity index (χ1n) is 5.14. The van der Waals surface area contributed by atoms with Crippen molar-refractivity contribution in [3.8, 4) is 0 Å². The SMILES string of the molecule is Cc1cc(C(N)CC(=O)O)cc(C(=O)O)c1C. The molecule has 0 saturated heterocycles. The molecule has 5 heteroatoms. The Kier molecular flexibility index (Phi) is 3.85. The number of benzene rings is 1. The zero-order valence-electron chi connectivity index (χ0n) is 9.73. The van der Waals surface area contributed by atoms with Crippen LogP contribution in [-0.4, -0.2) is 22.2 Å². The van der Waals surface area contributed by atoms with Gasteiger partial charge in [-0.2, -0.15) is 0 Å². The first kappa shape index (κ1) is 13.2. The van der Waals surface area contributed by atoms with Crippen LogP contribution in [0, 0.1) is 13.8 Å². The molecule has 1 atom stereocenters. The van der Waals surface area contributed by atoms with Crippen molar-refractivity contribution >= 4 is 11.9 Å². The van der Waals surface area contributed by atoms with Crippen molar-refractivity contribution in [3.05, 3.63) is 34.4 Å². The summed E-state index contributed by atoms with van der Waals surface area (Å²) in [5, 5.41) is 17.7. The van der Waals surface area contributed by atoms with Gasteiger partial charge >= 0.3 is 11.9 Å². The highest BCUT2D eigenvalue weighted by molar-refractivity contribution is 5.90. The van der Waals surface area contributed by atoms with E-state index in [2.05, 4.69) is 0 Å². The molecule has 1 rings (SSSR count). The molecule has 0 saturated carbocycles. The average Bonchev–Trinajstić information content (AvgIpc) is 2.20. The van der Waals surface area contributed by atoms with Gasteiger partial charge < -0.3 is 15.9 Å². The summed E-state index contributed by atoms with van der Waals surface area (Å²) in [4.78, 5) is 21.6. The van der Waals surface area contributed by atoms with Gasteiger partial charge in [-0.3, -0.25) is 4.79 Å². The largest absolute Gasteiger partial charge is 0.481 e. The maximum Gasteiger partial charge on any atom is 0.335 e. The molecule has 0 heterocycles. The minimum atomic E-state index is -1.03. The molecule has 5 nitrogen and oxygen atoms in total. The first-order valence-corrected chi connectivity index (χ1v) is 5.14. The minimum absolute atomic E-state index is 0.167. The summed E-state index contributed by atoms with van der Waals surface area (Å²) in [5.41, 5.74) is 7.88. The summed E-state index contributed by atoms with van der Waals surface area (Å²) >= 11 is 0. The molecular formula is C12H15NO4. The molecule has 0 spiro atoms. The predicted molar refractivity (Wildman–Crippen MR) is 62.1 cm³/mol. The molecule has 0 aromatic heterocycles. The van der Waals surface area contributed by atoms with E-state index in [1.165, 1.54) is 6.07 Å². The number of aromatic carboxylic acids is 1. The van der Waals surface area contributed by atoms with Gasteiger partial charge in [-0.25, -0.2) is 4.79 Å². The Bertz CT molecular complexity index is 468. The van der Waals surface area contributed by atoms with Crippen LogP contribution in [0.1, 0.15) is 39.5 Å². The van der Waals surface area contributed by atoms with Gasteiger partial charge in [0.25, 0.3) is 0 Å². The van der Waals surface area contributed by atoms with Crippen molar-refractivity contribution < 1.29 is 19.8 Å². The summed E-state index contributed by atoms with van der Waals surface area (Å²) in [5.74, 6) is -2.04. The highest BCUT2D eigenvalue weighted by Gasteiger charge is 2.16. The highest BCUT2D eigenvalue weighted by atomic mass is 16.4. The van der Waals surface area contributed by atoms with Gasteiger partial charge in [-0.1, -0.05) is 6.07 Å². The predicted octanol–water partition coefficient (Wildman–Crippen LogP) is 1.48. The van der Waals surface area contributed by atoms with Crippen LogP contribution in [0.25, 0.3) is 0 Å². The molecule has 0 aliphatic carbocycles. The van der Waals surface area contributed by atoms with Crippen LogP contribution in [0.15, 0.2) is 12.1 Å². The Labute approximate surface area is 98.9 Å². The number of hydrogen-bond donors (Lipinski definition) is 3. The van der Waals surface area contributed by atoms with Crippen molar-refractivity contribution in [2.45, 2.75) is 26.3 Å². The lowest BCUT2D eigenvalue weighted by atomic mass is 9.95. The molecule has 1 unspecified atom stereocenters. The van der Waals surface area contributed by atoms with E-state index in [1.54, 1.807) is 19.9 Å². The monoisotopic (exact) mass is 237 g/mol. The smallest absolute Gasteiger partial charge is 0.335 e. The molecule has 0 aliphatic heterocycles. The number of hydrogen-bond acceptors (Lipinski definition) is 3. The lowest BCUT2D eigenvalue weighted by Crippen LogP contribution is -2.16. The maximum absolute atomic E-state index is 11.0. The standard InChI is InChI=1S/C12H15NO4/c1-6-3-8(10(13)5-11(14)15)4-9(7(6)2)12(16)17/h3-4,10H,5,13H2,1-2H3,(H,14,15)(H,16,17). The van der Waals surface area contributed by atoms with E-state index in [9.17, 15) is 9.59 Å². The van der Waals surface area contributed by atoms with E-state index in [0.717, 1.165) is 5.56 Å². The third-order valence-electron chi connectivity index (χ3n) is 2.74. The van der Waals surface area contributed by atoms with E-state index >= 15 is 0 Å². The molecule has 0 aliphatic rings. The number of nitrogens with two attached hydrogens (primary N) is 1. The van der Waals surface area contributed by atoms with Crippen molar-refractivity contribution in [3.63, 3.8) is 0 Å². The summed E-state index contributed by atoms with van der Waals surface area (Å²) < 4.78 is 0. The Morgan fingerprint density at radius 3 is 2.35 bits per heavy atom. The second-order valence-corrected chi connectivity index (χ2v) is 4.02. The third-order valence-corrected chi connectivity index (χ3v) is 2.74. The maximum atomic E-state index is 11.0. The lowest BCUT2D eigenvalue weighted by Gasteiger charge is -2.13. The topological polar surface area (TPSA) is 101 Å². The number of rotatable bonds is 4. The van der Waals surface area contributed by atoms with E-state index in [0.29, 0.717) is 11.1 Å². The van der Waals surface area contributed by atoms with Gasteiger partial charge in [0.1, 0.15) is 0 Å². The summed E-state index contributed by atoms with van der Waals surface area (Å²) in [6.45, 7) is 3.49. The van der Waals surface area contributed by atoms with Crippen LogP contribution in [-0.2, 0) is 4.79 Å². The molecule has 4 N–H and O–H groups in total. The molecule has 1 aromatic carbocycles. The van der Waals surface area contributed by atoms with Crippen LogP contribution >= 0.6 is 0 Å². The zero-order valence-corrected chi connectivity index (χ0v) is 9.73. The Morgan fingerprint density at radius 2 is 1.88 bits per heavy atom. The highest BCUT2D eigenvalue weighted by Crippen LogP contribution is 2.22. The molecule has 0 bridgehead atoms. The van der Waals surface area contributed by atoms with E-state index < -0.39 is 18.0 Å². The molecule has 0 fully saturated rings. The van der Waals surface area contributed by atoms with Crippen molar-refractivity contribution in [1.82, 2.24) is 0 Å². The van der Waals surface area contributed by atoms with Gasteiger partial charge in [-0.15, -0.1) is 0 Å². The average molecular weight is 237 g/mol. The van der Waals surface area contributed by atoms with Crippen LogP contribution in [0.3, 0.4) is 0 Å². The molecular weight excluding hydrogens is 222 g/mol. The fraction of sp³-hybridized carbons (Fsp3) is 0.333. The summed E-state index contributed by atoms with van der Waals surface area (Å²) in [7, 11) is 0. The van der Waals surface area contributed by atoms with Gasteiger partial charge in [0, 0.05) is 6.04 Å². The second-order valence-electron chi connectivity index (χ2n) is 4.02. The first-order chi connectivity index (χ1) is 7.82. The van der Waals surface area contributed by atoms with Crippen molar-refractivity contribution in [2.24, 2.45) is 5.73 Å². The number of carbonyl (C=O) groups is 2. The fourth-order valence-corrected chi connectivity index (χ4v) is 1.63. The molecule has 0 amide bonds. The van der Waals surface area contributed by atoms with Crippen LogP contribution in [0.4, 0.5) is 0 Å². The zero-order chi connectivity index (χ0) is 13.2. The van der Waals surface area contributed by atoms with Crippen molar-refractivity contribution in [2.75, 3.05) is 0 Å². The minimum Gasteiger partial charge on any atom is -0.481 e. The van der Waals surface area contributed by atoms with Gasteiger partial charge in [0.05, 0.1) is 12.0 Å². The molecule has 92 valence electrons. The van der Waals surface area contributed by atoms with E-state index in [-0.39, 0.29) is 12.0 Å². The Hall–Kier alpha value is -1.88. The van der Waals surface area contributed by atoms with Gasteiger partial charge in [0.2, 0.25) is 0 Å². The molecule has 17 heavy (non-hydrogen) atoms. The quantitative estimate of drug-likeness (QED) is 0.736. The van der Waals surface area contributed by atoms with Gasteiger partial charge in [0.15, 0.2) is 0 Å². The number of carboxylic acids is 2. The normalized spacial score (nSPS) is 12.2. The summed E-state index contributed by atoms with van der Waals surface area (Å²) in [6, 6.07) is 2.48. The Morgan fingerprint density at radius 1 is 1.29 bits per heavy atom. The van der Waals surface area contributed by atoms with Gasteiger partial charge in [-0.05, 0) is 36.6 Å². The van der Waals surface area contributed by atoms with E-state index in [1.807, 2.05) is 0 Å². The van der Waals surface area contributed by atoms with Crippen LogP contribution in [0.5, 0.6) is 0 Å². The molecule has 0 radical (unpaired) electrons. The lowest BCUT2D eigenvalue weighted by molar-refractivity contribution is -0.137. The second kappa shape index (κ2) is 4.97. The van der Waals surface area contributed by atoms with E-state index in [4.69, 9.17) is 15.9 Å². The van der Waals surface area contributed by atoms with Crippen LogP contribution in [0.2, 0.25) is 0 Å². The number of carboxylic acid groups (broad SMARTS) is 2. The number of aliphatic carboxylic acids is 1. The van der Waals surface area contributed by atoms with Crippen LogP contribution < -0.4 is 5.73 Å². The molecule has 1 aromatic rings. The summed E-state index contributed by atoms with van der Waals surface area (Å²) in [6.07, 6.45) is -0.221. The van der Waals surface area contributed by atoms with Crippen molar-refractivity contribution in [1.29, 1.82) is 0 Å². The Balaban J connectivity index is 3.18.